The van der Waals surface area contributed by atoms with Gasteiger partial charge < -0.3 is 5.32 Å². The van der Waals surface area contributed by atoms with Gasteiger partial charge in [-0.05, 0) is 43.7 Å². The lowest BCUT2D eigenvalue weighted by Crippen LogP contribution is -2.17. The molecule has 0 aromatic heterocycles. The molecule has 3 aromatic carbocycles. The van der Waals surface area contributed by atoms with Crippen LogP contribution in [0.15, 0.2) is 88.2 Å². The summed E-state index contributed by atoms with van der Waals surface area (Å²) in [5.74, 6) is 0.301. The van der Waals surface area contributed by atoms with Gasteiger partial charge in [0.15, 0.2) is 5.84 Å². The van der Waals surface area contributed by atoms with E-state index in [1.54, 1.807) is 24.3 Å². The van der Waals surface area contributed by atoms with Crippen molar-refractivity contribution in [2.75, 3.05) is 5.32 Å². The maximum absolute atomic E-state index is 12.8. The lowest BCUT2D eigenvalue weighted by Gasteiger charge is -2.12. The molecule has 0 aliphatic carbocycles. The van der Waals surface area contributed by atoms with Gasteiger partial charge in [-0.2, -0.15) is 8.42 Å². The molecule has 0 amide bonds. The summed E-state index contributed by atoms with van der Waals surface area (Å²) in [6, 6.07) is 23.6. The molecule has 0 fully saturated rings. The van der Waals surface area contributed by atoms with E-state index in [-0.39, 0.29) is 4.90 Å². The fraction of sp³-hybridized carbons (Fsp3) is 0.0952. The number of amidine groups is 1. The number of para-hydroxylation sites is 1. The average Bonchev–Trinajstić information content (AvgIpc) is 2.63. The summed E-state index contributed by atoms with van der Waals surface area (Å²) in [6.45, 7) is 3.84. The Balaban J connectivity index is 2.09. The first-order valence-electron chi connectivity index (χ1n) is 8.25. The summed E-state index contributed by atoms with van der Waals surface area (Å²) in [5.41, 5.74) is 3.45. The minimum absolute atomic E-state index is 0.170. The maximum Gasteiger partial charge on any atom is 0.284 e. The summed E-state index contributed by atoms with van der Waals surface area (Å²) in [6.07, 6.45) is 0. The standard InChI is InChI=1S/C21H20N2O2S/c1-16-12-14-19(15-13-16)26(24,25)23-21(20-11-7-6-8-17(20)2)22-18-9-4-3-5-10-18/h3-15H,1-2H3,(H,22,23). The monoisotopic (exact) mass is 364 g/mol. The van der Waals surface area contributed by atoms with E-state index in [1.807, 2.05) is 68.4 Å². The van der Waals surface area contributed by atoms with Gasteiger partial charge in [-0.15, -0.1) is 4.40 Å². The van der Waals surface area contributed by atoms with Crippen molar-refractivity contribution in [1.29, 1.82) is 0 Å². The van der Waals surface area contributed by atoms with Gasteiger partial charge in [-0.3, -0.25) is 0 Å². The van der Waals surface area contributed by atoms with Gasteiger partial charge in [0.2, 0.25) is 0 Å². The Labute approximate surface area is 154 Å². The highest BCUT2D eigenvalue weighted by Crippen LogP contribution is 2.18. The molecule has 3 rings (SSSR count). The number of aryl methyl sites for hydroxylation is 2. The number of anilines is 1. The van der Waals surface area contributed by atoms with E-state index in [2.05, 4.69) is 9.71 Å². The number of benzene rings is 3. The predicted molar refractivity (Wildman–Crippen MR) is 106 cm³/mol. The molecule has 0 bridgehead atoms. The third-order valence-corrected chi connectivity index (χ3v) is 5.26. The molecule has 1 N–H and O–H groups in total. The Kier molecular flexibility index (Phi) is 5.19. The van der Waals surface area contributed by atoms with Crippen LogP contribution in [0.5, 0.6) is 0 Å². The molecule has 0 saturated carbocycles. The zero-order chi connectivity index (χ0) is 18.6. The first-order chi connectivity index (χ1) is 12.5. The van der Waals surface area contributed by atoms with Gasteiger partial charge >= 0.3 is 0 Å². The molecular formula is C21H20N2O2S. The Morgan fingerprint density at radius 1 is 0.808 bits per heavy atom. The van der Waals surface area contributed by atoms with Crippen molar-refractivity contribution in [3.63, 3.8) is 0 Å². The lowest BCUT2D eigenvalue weighted by atomic mass is 10.1. The van der Waals surface area contributed by atoms with E-state index >= 15 is 0 Å². The van der Waals surface area contributed by atoms with Gasteiger partial charge in [-0.1, -0.05) is 60.2 Å². The number of hydrogen-bond acceptors (Lipinski definition) is 2. The molecule has 3 aromatic rings. The fourth-order valence-corrected chi connectivity index (χ4v) is 3.49. The molecule has 0 spiro atoms. The van der Waals surface area contributed by atoms with Crippen LogP contribution in [-0.4, -0.2) is 14.3 Å². The Morgan fingerprint density at radius 2 is 1.42 bits per heavy atom. The Bertz CT molecular complexity index is 1030. The average molecular weight is 364 g/mol. The van der Waals surface area contributed by atoms with Crippen LogP contribution in [0.3, 0.4) is 0 Å². The Morgan fingerprint density at radius 3 is 2.08 bits per heavy atom. The lowest BCUT2D eigenvalue weighted by molar-refractivity contribution is 0.598. The molecule has 0 saturated heterocycles. The maximum atomic E-state index is 12.8. The van der Waals surface area contributed by atoms with E-state index in [9.17, 15) is 8.42 Å². The van der Waals surface area contributed by atoms with Gasteiger partial charge in [-0.25, -0.2) is 0 Å². The molecule has 0 aliphatic heterocycles. The first-order valence-corrected chi connectivity index (χ1v) is 9.69. The normalized spacial score (nSPS) is 12.0. The second-order valence-electron chi connectivity index (χ2n) is 6.03. The summed E-state index contributed by atoms with van der Waals surface area (Å²) < 4.78 is 29.7. The zero-order valence-electron chi connectivity index (χ0n) is 14.7. The third kappa shape index (κ3) is 4.18. The van der Waals surface area contributed by atoms with Crippen molar-refractivity contribution in [3.8, 4) is 0 Å². The van der Waals surface area contributed by atoms with Crippen LogP contribution in [0.4, 0.5) is 5.69 Å². The highest BCUT2D eigenvalue weighted by Gasteiger charge is 2.16. The van der Waals surface area contributed by atoms with E-state index in [0.29, 0.717) is 5.84 Å². The van der Waals surface area contributed by atoms with Crippen molar-refractivity contribution in [2.24, 2.45) is 4.40 Å². The van der Waals surface area contributed by atoms with Crippen LogP contribution in [0.2, 0.25) is 0 Å². The van der Waals surface area contributed by atoms with Crippen molar-refractivity contribution >= 4 is 21.5 Å². The minimum atomic E-state index is -3.84. The zero-order valence-corrected chi connectivity index (χ0v) is 15.5. The molecule has 0 heterocycles. The van der Waals surface area contributed by atoms with E-state index in [0.717, 1.165) is 22.4 Å². The van der Waals surface area contributed by atoms with Crippen molar-refractivity contribution in [3.05, 3.63) is 95.6 Å². The smallest absolute Gasteiger partial charge is 0.284 e. The fourth-order valence-electron chi connectivity index (χ4n) is 2.52. The van der Waals surface area contributed by atoms with Crippen molar-refractivity contribution in [2.45, 2.75) is 18.7 Å². The Hall–Kier alpha value is -2.92. The third-order valence-electron chi connectivity index (χ3n) is 3.97. The molecule has 5 heteroatoms. The van der Waals surface area contributed by atoms with Crippen LogP contribution in [0.1, 0.15) is 16.7 Å². The quantitative estimate of drug-likeness (QED) is 0.546. The van der Waals surface area contributed by atoms with Crippen LogP contribution >= 0.6 is 0 Å². The number of rotatable bonds is 4. The van der Waals surface area contributed by atoms with Gasteiger partial charge in [0.1, 0.15) is 0 Å². The summed E-state index contributed by atoms with van der Waals surface area (Å²) in [5, 5.41) is 3.14. The highest BCUT2D eigenvalue weighted by atomic mass is 32.2. The summed E-state index contributed by atoms with van der Waals surface area (Å²) >= 11 is 0. The molecule has 132 valence electrons. The van der Waals surface area contributed by atoms with Crippen LogP contribution in [0, 0.1) is 13.8 Å². The topological polar surface area (TPSA) is 58.5 Å². The van der Waals surface area contributed by atoms with Crippen LogP contribution in [0.25, 0.3) is 0 Å². The largest absolute Gasteiger partial charge is 0.339 e. The van der Waals surface area contributed by atoms with Gasteiger partial charge in [0, 0.05) is 11.3 Å². The number of sulfonamides is 1. The molecule has 0 aliphatic rings. The van der Waals surface area contributed by atoms with E-state index < -0.39 is 10.0 Å². The highest BCUT2D eigenvalue weighted by molar-refractivity contribution is 7.90. The molecular weight excluding hydrogens is 344 g/mol. The second kappa shape index (κ2) is 7.54. The van der Waals surface area contributed by atoms with Crippen molar-refractivity contribution in [1.82, 2.24) is 0 Å². The SMILES string of the molecule is Cc1ccc(S(=O)(=O)/N=C(/Nc2ccccc2)c2ccccc2C)cc1. The molecule has 4 nitrogen and oxygen atoms in total. The van der Waals surface area contributed by atoms with Crippen LogP contribution in [-0.2, 0) is 10.0 Å². The number of nitrogens with zero attached hydrogens (tertiary/aromatic N) is 1. The van der Waals surface area contributed by atoms with E-state index in [1.165, 1.54) is 0 Å². The number of hydrogen-bond donors (Lipinski definition) is 1. The van der Waals surface area contributed by atoms with Gasteiger partial charge in [0.25, 0.3) is 10.0 Å². The minimum Gasteiger partial charge on any atom is -0.339 e. The van der Waals surface area contributed by atoms with Crippen LogP contribution < -0.4 is 5.32 Å². The second-order valence-corrected chi connectivity index (χ2v) is 7.64. The van der Waals surface area contributed by atoms with Gasteiger partial charge in [0.05, 0.1) is 4.90 Å². The first kappa shape index (κ1) is 17.9. The van der Waals surface area contributed by atoms with Crippen molar-refractivity contribution < 1.29 is 8.42 Å². The summed E-state index contributed by atoms with van der Waals surface area (Å²) in [4.78, 5) is 0.170. The molecule has 0 atom stereocenters. The predicted octanol–water partition coefficient (Wildman–Crippen LogP) is 4.55. The number of nitrogens with one attached hydrogen (secondary N) is 1. The molecule has 0 radical (unpaired) electrons. The summed E-state index contributed by atoms with van der Waals surface area (Å²) in [7, 11) is -3.84. The molecule has 26 heavy (non-hydrogen) atoms. The molecule has 0 unspecified atom stereocenters. The van der Waals surface area contributed by atoms with E-state index in [4.69, 9.17) is 0 Å².